The Morgan fingerprint density at radius 1 is 1.00 bits per heavy atom. The first-order valence-corrected chi connectivity index (χ1v) is 8.12. The predicted molar refractivity (Wildman–Crippen MR) is 95.9 cm³/mol. The fourth-order valence-corrected chi connectivity index (χ4v) is 2.74. The average molecular weight is 338 g/mol. The molecule has 130 valence electrons. The molecule has 0 saturated carbocycles. The zero-order chi connectivity index (χ0) is 17.6. The Hall–Kier alpha value is -2.79. The van der Waals surface area contributed by atoms with E-state index in [1.165, 1.54) is 0 Å². The van der Waals surface area contributed by atoms with Crippen molar-refractivity contribution in [1.82, 2.24) is 10.3 Å². The lowest BCUT2D eigenvalue weighted by molar-refractivity contribution is 0.410. The monoisotopic (exact) mass is 338 g/mol. The summed E-state index contributed by atoms with van der Waals surface area (Å²) >= 11 is 0. The molecule has 3 rings (SSSR count). The van der Waals surface area contributed by atoms with Gasteiger partial charge in [-0.15, -0.1) is 0 Å². The summed E-state index contributed by atoms with van der Waals surface area (Å²) in [7, 11) is 3.34. The normalized spacial score (nSPS) is 10.9. The van der Waals surface area contributed by atoms with E-state index in [-0.39, 0.29) is 6.04 Å². The Bertz CT molecular complexity index is 782. The molecule has 0 bridgehead atoms. The van der Waals surface area contributed by atoms with Gasteiger partial charge in [0.05, 0.1) is 33.0 Å². The van der Waals surface area contributed by atoms with Crippen molar-refractivity contribution in [3.8, 4) is 11.5 Å². The molecule has 5 nitrogen and oxygen atoms in total. The van der Waals surface area contributed by atoms with Crippen molar-refractivity contribution >= 4 is 0 Å². The maximum atomic E-state index is 5.57. The lowest BCUT2D eigenvalue weighted by Crippen LogP contribution is -2.22. The molecule has 0 spiro atoms. The minimum absolute atomic E-state index is 0.0441. The molecule has 1 N–H and O–H groups in total. The van der Waals surface area contributed by atoms with E-state index in [1.807, 2.05) is 43.3 Å². The van der Waals surface area contributed by atoms with E-state index in [0.29, 0.717) is 12.4 Å². The van der Waals surface area contributed by atoms with Crippen LogP contribution in [0.4, 0.5) is 0 Å². The molecular formula is C20H22N2O3. The predicted octanol–water partition coefficient (Wildman–Crippen LogP) is 3.88. The van der Waals surface area contributed by atoms with E-state index in [1.54, 1.807) is 20.4 Å². The minimum Gasteiger partial charge on any atom is -0.497 e. The molecule has 25 heavy (non-hydrogen) atoms. The second kappa shape index (κ2) is 7.85. The van der Waals surface area contributed by atoms with Crippen molar-refractivity contribution in [2.45, 2.75) is 19.5 Å². The van der Waals surface area contributed by atoms with Crippen molar-refractivity contribution in [3.05, 3.63) is 77.5 Å². The van der Waals surface area contributed by atoms with Gasteiger partial charge < -0.3 is 13.9 Å². The van der Waals surface area contributed by atoms with Crippen LogP contribution in [0.5, 0.6) is 11.5 Å². The summed E-state index contributed by atoms with van der Waals surface area (Å²) in [4.78, 5) is 4.26. The Labute approximate surface area is 147 Å². The molecule has 0 aliphatic rings. The summed E-state index contributed by atoms with van der Waals surface area (Å²) in [6, 6.07) is 16.0. The molecule has 0 radical (unpaired) electrons. The van der Waals surface area contributed by atoms with Gasteiger partial charge in [0.25, 0.3) is 0 Å². The number of hydrogen-bond acceptors (Lipinski definition) is 5. The summed E-state index contributed by atoms with van der Waals surface area (Å²) in [6.45, 7) is 2.41. The van der Waals surface area contributed by atoms with Gasteiger partial charge in [0.2, 0.25) is 5.89 Å². The van der Waals surface area contributed by atoms with Gasteiger partial charge in [-0.1, -0.05) is 24.3 Å². The number of nitrogens with zero attached hydrogens (tertiary/aromatic N) is 1. The SMILES string of the molecule is COc1cccc(C(NCc2ncc(C)o2)c2cccc(OC)c2)c1. The Balaban J connectivity index is 1.91. The molecule has 5 heteroatoms. The van der Waals surface area contributed by atoms with Gasteiger partial charge in [-0.05, 0) is 42.3 Å². The second-order valence-electron chi connectivity index (χ2n) is 5.73. The molecule has 0 saturated heterocycles. The van der Waals surface area contributed by atoms with Crippen LogP contribution in [-0.2, 0) is 6.54 Å². The summed E-state index contributed by atoms with van der Waals surface area (Å²) in [5.41, 5.74) is 2.19. The van der Waals surface area contributed by atoms with Crippen LogP contribution >= 0.6 is 0 Å². The van der Waals surface area contributed by atoms with E-state index in [2.05, 4.69) is 22.4 Å². The van der Waals surface area contributed by atoms with Crippen LogP contribution in [0.25, 0.3) is 0 Å². The molecule has 0 amide bonds. The van der Waals surface area contributed by atoms with Gasteiger partial charge in [-0.3, -0.25) is 5.32 Å². The number of benzene rings is 2. The molecular weight excluding hydrogens is 316 g/mol. The molecule has 1 aromatic heterocycles. The van der Waals surface area contributed by atoms with E-state index < -0.39 is 0 Å². The molecule has 0 aliphatic heterocycles. The Kier molecular flexibility index (Phi) is 5.36. The van der Waals surface area contributed by atoms with Crippen molar-refractivity contribution in [2.24, 2.45) is 0 Å². The first-order chi connectivity index (χ1) is 12.2. The van der Waals surface area contributed by atoms with Crippen LogP contribution in [0.3, 0.4) is 0 Å². The van der Waals surface area contributed by atoms with E-state index >= 15 is 0 Å². The topological polar surface area (TPSA) is 56.5 Å². The highest BCUT2D eigenvalue weighted by Gasteiger charge is 2.16. The van der Waals surface area contributed by atoms with Crippen molar-refractivity contribution in [1.29, 1.82) is 0 Å². The van der Waals surface area contributed by atoms with Crippen molar-refractivity contribution < 1.29 is 13.9 Å². The smallest absolute Gasteiger partial charge is 0.208 e. The fraction of sp³-hybridized carbons (Fsp3) is 0.250. The Morgan fingerprint density at radius 2 is 1.60 bits per heavy atom. The largest absolute Gasteiger partial charge is 0.497 e. The van der Waals surface area contributed by atoms with Crippen LogP contribution in [0, 0.1) is 6.92 Å². The first kappa shape index (κ1) is 17.0. The minimum atomic E-state index is -0.0441. The lowest BCUT2D eigenvalue weighted by atomic mass is 9.98. The van der Waals surface area contributed by atoms with Crippen LogP contribution in [-0.4, -0.2) is 19.2 Å². The van der Waals surface area contributed by atoms with E-state index in [4.69, 9.17) is 13.9 Å². The quantitative estimate of drug-likeness (QED) is 0.708. The summed E-state index contributed by atoms with van der Waals surface area (Å²) in [6.07, 6.45) is 1.73. The molecule has 0 atom stereocenters. The third-order valence-electron chi connectivity index (χ3n) is 3.98. The number of aryl methyl sites for hydroxylation is 1. The summed E-state index contributed by atoms with van der Waals surface area (Å²) in [5.74, 6) is 3.10. The highest BCUT2D eigenvalue weighted by atomic mass is 16.5. The van der Waals surface area contributed by atoms with Gasteiger partial charge in [-0.25, -0.2) is 4.98 Å². The summed E-state index contributed by atoms with van der Waals surface area (Å²) < 4.78 is 16.3. The van der Waals surface area contributed by atoms with Gasteiger partial charge >= 0.3 is 0 Å². The first-order valence-electron chi connectivity index (χ1n) is 8.12. The number of aromatic nitrogens is 1. The number of rotatable bonds is 7. The number of ether oxygens (including phenoxy) is 2. The van der Waals surface area contributed by atoms with E-state index in [0.717, 1.165) is 28.4 Å². The molecule has 3 aromatic rings. The van der Waals surface area contributed by atoms with Crippen molar-refractivity contribution in [2.75, 3.05) is 14.2 Å². The maximum Gasteiger partial charge on any atom is 0.208 e. The fourth-order valence-electron chi connectivity index (χ4n) is 2.74. The van der Waals surface area contributed by atoms with Crippen LogP contribution in [0.2, 0.25) is 0 Å². The highest BCUT2D eigenvalue weighted by Crippen LogP contribution is 2.28. The van der Waals surface area contributed by atoms with Gasteiger partial charge in [-0.2, -0.15) is 0 Å². The molecule has 0 unspecified atom stereocenters. The number of hydrogen-bond donors (Lipinski definition) is 1. The van der Waals surface area contributed by atoms with Gasteiger partial charge in [0.15, 0.2) is 0 Å². The maximum absolute atomic E-state index is 5.57. The third kappa shape index (κ3) is 4.19. The van der Waals surface area contributed by atoms with Crippen LogP contribution < -0.4 is 14.8 Å². The van der Waals surface area contributed by atoms with Gasteiger partial charge in [0, 0.05) is 0 Å². The average Bonchev–Trinajstić information content (AvgIpc) is 3.07. The van der Waals surface area contributed by atoms with Crippen LogP contribution in [0.1, 0.15) is 28.8 Å². The number of methoxy groups -OCH3 is 2. The number of oxazole rings is 1. The Morgan fingerprint density at radius 3 is 2.08 bits per heavy atom. The summed E-state index contributed by atoms with van der Waals surface area (Å²) in [5, 5.41) is 3.52. The number of nitrogens with one attached hydrogen (secondary N) is 1. The molecule has 2 aromatic carbocycles. The zero-order valence-electron chi connectivity index (χ0n) is 14.7. The molecule has 0 fully saturated rings. The van der Waals surface area contributed by atoms with Gasteiger partial charge in [0.1, 0.15) is 17.3 Å². The van der Waals surface area contributed by atoms with Crippen molar-refractivity contribution in [3.63, 3.8) is 0 Å². The second-order valence-corrected chi connectivity index (χ2v) is 5.73. The standard InChI is InChI=1S/C20H22N2O3/c1-14-12-21-19(25-14)13-22-20(15-6-4-8-17(10-15)23-2)16-7-5-9-18(11-16)24-3/h4-12,20,22H,13H2,1-3H3. The third-order valence-corrected chi connectivity index (χ3v) is 3.98. The van der Waals surface area contributed by atoms with Crippen LogP contribution in [0.15, 0.2) is 59.1 Å². The molecule has 0 aliphatic carbocycles. The van der Waals surface area contributed by atoms with E-state index in [9.17, 15) is 0 Å². The zero-order valence-corrected chi connectivity index (χ0v) is 14.7. The molecule has 1 heterocycles. The lowest BCUT2D eigenvalue weighted by Gasteiger charge is -2.20. The highest BCUT2D eigenvalue weighted by molar-refractivity contribution is 5.39.